The zero-order valence-corrected chi connectivity index (χ0v) is 17.3. The van der Waals surface area contributed by atoms with E-state index in [0.717, 1.165) is 0 Å². The third-order valence-electron chi connectivity index (χ3n) is 6.31. The third-order valence-corrected chi connectivity index (χ3v) is 6.31. The van der Waals surface area contributed by atoms with Gasteiger partial charge in [-0.2, -0.15) is 0 Å². The van der Waals surface area contributed by atoms with Crippen molar-refractivity contribution in [3.8, 4) is 5.75 Å². The van der Waals surface area contributed by atoms with Gasteiger partial charge in [0.05, 0.1) is 18.2 Å². The summed E-state index contributed by atoms with van der Waals surface area (Å²) in [4.78, 5) is 12.3. The normalized spacial score (nSPS) is 30.8. The lowest BCUT2D eigenvalue weighted by Crippen LogP contribution is -2.65. The molecule has 8 nitrogen and oxygen atoms in total. The van der Waals surface area contributed by atoms with E-state index >= 15 is 0 Å². The van der Waals surface area contributed by atoms with Crippen molar-refractivity contribution >= 4 is 5.91 Å². The Labute approximate surface area is 185 Å². The van der Waals surface area contributed by atoms with E-state index < -0.39 is 24.1 Å². The number of rotatable bonds is 7. The standard InChI is InChI=1S/C21H21F4N3O5/c22-13-1-3-14(4-2-13)30-9-16(29)26-20-7-12(8-20)17(31-10-20)19-28-27-18(32-19)11-5-15(6-11)33-21(23,24)25/h1-4,11-12,15,17H,5-10H2,(H,26,29)/t11?,12?,15?,17-,20?/m1/s1. The molecule has 3 heterocycles. The van der Waals surface area contributed by atoms with Crippen LogP contribution in [0.3, 0.4) is 0 Å². The summed E-state index contributed by atoms with van der Waals surface area (Å²) < 4.78 is 70.6. The van der Waals surface area contributed by atoms with Gasteiger partial charge in [-0.15, -0.1) is 23.4 Å². The Morgan fingerprint density at radius 1 is 1.15 bits per heavy atom. The Bertz CT molecular complexity index is 995. The molecule has 2 bridgehead atoms. The van der Waals surface area contributed by atoms with E-state index in [0.29, 0.717) is 24.5 Å². The molecule has 1 aromatic carbocycles. The largest absolute Gasteiger partial charge is 0.522 e. The molecule has 4 aliphatic rings. The van der Waals surface area contributed by atoms with Crippen LogP contribution in [0.5, 0.6) is 5.75 Å². The first-order valence-electron chi connectivity index (χ1n) is 10.6. The summed E-state index contributed by atoms with van der Waals surface area (Å²) in [6.07, 6.45) is -4.27. The quantitative estimate of drug-likeness (QED) is 0.619. The van der Waals surface area contributed by atoms with Crippen LogP contribution < -0.4 is 10.1 Å². The van der Waals surface area contributed by atoms with Gasteiger partial charge < -0.3 is 19.2 Å². The average Bonchev–Trinajstić information content (AvgIpc) is 3.18. The summed E-state index contributed by atoms with van der Waals surface area (Å²) in [5.41, 5.74) is -0.483. The highest BCUT2D eigenvalue weighted by molar-refractivity contribution is 5.78. The Morgan fingerprint density at radius 2 is 1.85 bits per heavy atom. The zero-order chi connectivity index (χ0) is 23.2. The Hall–Kier alpha value is -2.73. The SMILES string of the molecule is O=C(COc1ccc(F)cc1)NC12CO[C@@H](c3nnc(C4CC(OC(F)(F)F)C4)o3)C(C1)C2. The summed E-state index contributed by atoms with van der Waals surface area (Å²) in [6.45, 7) is 0.0635. The Morgan fingerprint density at radius 3 is 2.48 bits per heavy atom. The second kappa shape index (κ2) is 8.24. The molecule has 2 saturated carbocycles. The van der Waals surface area contributed by atoms with E-state index in [2.05, 4.69) is 20.3 Å². The molecule has 0 spiro atoms. The van der Waals surface area contributed by atoms with Crippen LogP contribution >= 0.6 is 0 Å². The van der Waals surface area contributed by atoms with E-state index in [4.69, 9.17) is 13.9 Å². The first kappa shape index (κ1) is 22.1. The van der Waals surface area contributed by atoms with Crippen molar-refractivity contribution in [1.82, 2.24) is 15.5 Å². The molecule has 2 aromatic rings. The van der Waals surface area contributed by atoms with E-state index in [9.17, 15) is 22.4 Å². The van der Waals surface area contributed by atoms with Gasteiger partial charge in [0, 0.05) is 5.92 Å². The van der Waals surface area contributed by atoms with E-state index in [1.165, 1.54) is 24.3 Å². The maximum absolute atomic E-state index is 12.9. The number of halogens is 4. The topological polar surface area (TPSA) is 95.7 Å². The maximum atomic E-state index is 12.9. The number of fused-ring (bicyclic) bond motifs is 2. The number of carbonyl (C=O) groups is 1. The summed E-state index contributed by atoms with van der Waals surface area (Å²) in [6, 6.07) is 5.39. The highest BCUT2D eigenvalue weighted by atomic mass is 19.4. The maximum Gasteiger partial charge on any atom is 0.522 e. The smallest absolute Gasteiger partial charge is 0.484 e. The minimum Gasteiger partial charge on any atom is -0.484 e. The highest BCUT2D eigenvalue weighted by Crippen LogP contribution is 2.52. The molecular formula is C21H21F4N3O5. The Kier molecular flexibility index (Phi) is 5.52. The van der Waals surface area contributed by atoms with Gasteiger partial charge in [-0.1, -0.05) is 0 Å². The number of nitrogens with zero attached hydrogens (tertiary/aromatic N) is 2. The number of amides is 1. The number of ether oxygens (including phenoxy) is 3. The van der Waals surface area contributed by atoms with Crippen molar-refractivity contribution in [1.29, 1.82) is 0 Å². The third kappa shape index (κ3) is 4.81. The van der Waals surface area contributed by atoms with Crippen LogP contribution in [-0.2, 0) is 14.3 Å². The lowest BCUT2D eigenvalue weighted by molar-refractivity contribution is -0.352. The molecule has 2 aliphatic carbocycles. The van der Waals surface area contributed by atoms with E-state index in [1.54, 1.807) is 0 Å². The molecule has 0 radical (unpaired) electrons. The van der Waals surface area contributed by atoms with Crippen LogP contribution in [0.4, 0.5) is 17.6 Å². The number of carbonyl (C=O) groups excluding carboxylic acids is 1. The minimum atomic E-state index is -4.65. The lowest BCUT2D eigenvalue weighted by Gasteiger charge is -2.54. The zero-order valence-electron chi connectivity index (χ0n) is 17.3. The number of benzene rings is 1. The molecule has 1 atom stereocenters. The minimum absolute atomic E-state index is 0.0769. The first-order chi connectivity index (χ1) is 15.7. The predicted molar refractivity (Wildman–Crippen MR) is 101 cm³/mol. The summed E-state index contributed by atoms with van der Waals surface area (Å²) in [7, 11) is 0. The number of hydrogen-bond acceptors (Lipinski definition) is 7. The number of aromatic nitrogens is 2. The van der Waals surface area contributed by atoms with Crippen LogP contribution in [0.2, 0.25) is 0 Å². The fourth-order valence-corrected chi connectivity index (χ4v) is 4.66. The van der Waals surface area contributed by atoms with Gasteiger partial charge in [-0.25, -0.2) is 4.39 Å². The Balaban J connectivity index is 1.08. The monoisotopic (exact) mass is 471 g/mol. The fraction of sp³-hybridized carbons (Fsp3) is 0.571. The average molecular weight is 471 g/mol. The van der Waals surface area contributed by atoms with Crippen LogP contribution in [-0.4, -0.2) is 47.3 Å². The molecule has 1 amide bonds. The number of alkyl halides is 3. The number of hydrogen-bond donors (Lipinski definition) is 1. The fourth-order valence-electron chi connectivity index (χ4n) is 4.66. The molecular weight excluding hydrogens is 450 g/mol. The molecule has 0 unspecified atom stereocenters. The van der Waals surface area contributed by atoms with Crippen molar-refractivity contribution < 1.29 is 41.0 Å². The van der Waals surface area contributed by atoms with E-state index in [-0.39, 0.29) is 55.5 Å². The molecule has 4 fully saturated rings. The molecule has 2 saturated heterocycles. The van der Waals surface area contributed by atoms with Gasteiger partial charge in [0.25, 0.3) is 5.91 Å². The van der Waals surface area contributed by atoms with Gasteiger partial charge in [0.2, 0.25) is 11.8 Å². The second-order valence-corrected chi connectivity index (χ2v) is 8.80. The van der Waals surface area contributed by atoms with Gasteiger partial charge >= 0.3 is 6.36 Å². The summed E-state index contributed by atoms with van der Waals surface area (Å²) in [5, 5.41) is 11.0. The molecule has 1 aromatic heterocycles. The molecule has 33 heavy (non-hydrogen) atoms. The molecule has 178 valence electrons. The summed E-state index contributed by atoms with van der Waals surface area (Å²) >= 11 is 0. The molecule has 6 rings (SSSR count). The van der Waals surface area contributed by atoms with Crippen LogP contribution in [0.25, 0.3) is 0 Å². The lowest BCUT2D eigenvalue weighted by atomic mass is 9.64. The van der Waals surface area contributed by atoms with Crippen LogP contribution in [0.1, 0.15) is 49.5 Å². The van der Waals surface area contributed by atoms with Gasteiger partial charge in [-0.05, 0) is 55.9 Å². The number of nitrogens with one attached hydrogen (secondary N) is 1. The molecule has 2 aliphatic heterocycles. The summed E-state index contributed by atoms with van der Waals surface area (Å²) in [5.74, 6) is 0.107. The van der Waals surface area contributed by atoms with Gasteiger partial charge in [-0.3, -0.25) is 9.53 Å². The van der Waals surface area contributed by atoms with Gasteiger partial charge in [0.15, 0.2) is 6.61 Å². The van der Waals surface area contributed by atoms with Crippen molar-refractivity contribution in [3.63, 3.8) is 0 Å². The first-order valence-corrected chi connectivity index (χ1v) is 10.6. The predicted octanol–water partition coefficient (Wildman–Crippen LogP) is 3.41. The van der Waals surface area contributed by atoms with Crippen LogP contribution in [0, 0.1) is 11.7 Å². The van der Waals surface area contributed by atoms with Crippen LogP contribution in [0.15, 0.2) is 28.7 Å². The molecule has 12 heteroatoms. The highest BCUT2D eigenvalue weighted by Gasteiger charge is 2.55. The van der Waals surface area contributed by atoms with Crippen molar-refractivity contribution in [2.45, 2.75) is 55.7 Å². The van der Waals surface area contributed by atoms with Crippen molar-refractivity contribution in [2.24, 2.45) is 5.92 Å². The second-order valence-electron chi connectivity index (χ2n) is 8.80. The van der Waals surface area contributed by atoms with E-state index in [1.807, 2.05) is 0 Å². The van der Waals surface area contributed by atoms with Gasteiger partial charge in [0.1, 0.15) is 17.7 Å². The van der Waals surface area contributed by atoms with Crippen molar-refractivity contribution in [2.75, 3.05) is 13.2 Å². The van der Waals surface area contributed by atoms with Crippen molar-refractivity contribution in [3.05, 3.63) is 41.9 Å². The molecule has 1 N–H and O–H groups in total.